The van der Waals surface area contributed by atoms with Gasteiger partial charge in [0.05, 0.1) is 18.9 Å². The Morgan fingerprint density at radius 2 is 1.20 bits per heavy atom. The summed E-state index contributed by atoms with van der Waals surface area (Å²) in [6.07, 6.45) is -0.825. The van der Waals surface area contributed by atoms with E-state index in [1.807, 2.05) is 20.8 Å². The van der Waals surface area contributed by atoms with Gasteiger partial charge in [0.15, 0.2) is 0 Å². The Hall–Kier alpha value is -6.86. The number of benzene rings is 2. The molecular formula is C46H65N7O13. The summed E-state index contributed by atoms with van der Waals surface area (Å²) in [5.74, 6) is -10.3. The first-order chi connectivity index (χ1) is 30.9. The molecule has 2 aromatic carbocycles. The fraction of sp³-hybridized carbons (Fsp3) is 0.522. The van der Waals surface area contributed by atoms with Gasteiger partial charge in [-0.25, -0.2) is 0 Å². The minimum absolute atomic E-state index is 0.108. The van der Waals surface area contributed by atoms with Gasteiger partial charge in [0.25, 0.3) is 5.91 Å². The number of primary amides is 1. The highest BCUT2D eigenvalue weighted by atomic mass is 16.5. The molecule has 0 unspecified atom stereocenters. The van der Waals surface area contributed by atoms with Crippen LogP contribution in [0.5, 0.6) is 5.75 Å². The van der Waals surface area contributed by atoms with Gasteiger partial charge in [-0.1, -0.05) is 96.8 Å². The number of para-hydroxylation sites is 1. The number of hydrogen-bond donors (Lipinski definition) is 9. The number of Topliss-reactive ketones (excluding diaryl/α,β-unsaturated/α-hetero) is 1. The quantitative estimate of drug-likeness (QED) is 0.0543. The number of carboxylic acids is 2. The van der Waals surface area contributed by atoms with Gasteiger partial charge in [-0.2, -0.15) is 0 Å². The van der Waals surface area contributed by atoms with Gasteiger partial charge >= 0.3 is 11.9 Å². The van der Waals surface area contributed by atoms with Crippen molar-refractivity contribution in [1.82, 2.24) is 31.9 Å². The first-order valence-electron chi connectivity index (χ1n) is 21.7. The molecule has 0 aliphatic rings. The van der Waals surface area contributed by atoms with Crippen molar-refractivity contribution < 1.29 is 62.9 Å². The second kappa shape index (κ2) is 26.8. The summed E-state index contributed by atoms with van der Waals surface area (Å²) in [7, 11) is 0. The van der Waals surface area contributed by atoms with Crippen LogP contribution in [0.1, 0.15) is 97.6 Å². The van der Waals surface area contributed by atoms with Crippen LogP contribution in [0.4, 0.5) is 0 Å². The average molecular weight is 924 g/mol. The molecule has 0 bridgehead atoms. The summed E-state index contributed by atoms with van der Waals surface area (Å²) in [5, 5.41) is 33.8. The minimum atomic E-state index is -1.75. The predicted octanol–water partition coefficient (Wildman–Crippen LogP) is 1.20. The van der Waals surface area contributed by atoms with E-state index in [2.05, 4.69) is 31.9 Å². The SMILES string of the molecule is CCCC[C@H](NC(=O)[C@H](CC(C)C)NC(=O)[C@@H](NC(=O)[C@H](Cc1ccccc1C)NC(=O)[C@@H](COc1ccccc1)NC(=O)[C@H](CC(=O)O)NC(=O)CCC(=O)O)C(C)(C)C)C(=O)C(N)=O. The minimum Gasteiger partial charge on any atom is -0.491 e. The van der Waals surface area contributed by atoms with Crippen molar-refractivity contribution in [3.05, 3.63) is 65.7 Å². The van der Waals surface area contributed by atoms with Crippen molar-refractivity contribution in [2.75, 3.05) is 6.61 Å². The number of ether oxygens (including phenoxy) is 1. The number of rotatable bonds is 28. The van der Waals surface area contributed by atoms with E-state index < -0.39 is 127 Å². The highest BCUT2D eigenvalue weighted by Crippen LogP contribution is 2.21. The molecule has 10 N–H and O–H groups in total. The molecule has 0 saturated heterocycles. The van der Waals surface area contributed by atoms with Crippen molar-refractivity contribution in [2.24, 2.45) is 17.1 Å². The van der Waals surface area contributed by atoms with Crippen molar-refractivity contribution in [2.45, 2.75) is 136 Å². The van der Waals surface area contributed by atoms with Gasteiger partial charge < -0.3 is 52.6 Å². The van der Waals surface area contributed by atoms with E-state index >= 15 is 0 Å². The van der Waals surface area contributed by atoms with Crippen LogP contribution >= 0.6 is 0 Å². The number of nitrogens with two attached hydrogens (primary N) is 1. The highest BCUT2D eigenvalue weighted by Gasteiger charge is 2.39. The van der Waals surface area contributed by atoms with E-state index in [4.69, 9.17) is 15.6 Å². The van der Waals surface area contributed by atoms with Gasteiger partial charge in [-0.05, 0) is 54.4 Å². The Bertz CT molecular complexity index is 2040. The van der Waals surface area contributed by atoms with Gasteiger partial charge in [0.2, 0.25) is 41.2 Å². The maximum atomic E-state index is 14.5. The molecule has 0 aromatic heterocycles. The third kappa shape index (κ3) is 19.5. The molecule has 20 heteroatoms. The fourth-order valence-electron chi connectivity index (χ4n) is 6.56. The van der Waals surface area contributed by atoms with Crippen LogP contribution in [-0.4, -0.2) is 112 Å². The number of unbranched alkanes of at least 4 members (excludes halogenated alkanes) is 1. The van der Waals surface area contributed by atoms with Crippen LogP contribution < -0.4 is 42.4 Å². The van der Waals surface area contributed by atoms with Crippen LogP contribution in [0.25, 0.3) is 0 Å². The molecule has 0 fully saturated rings. The van der Waals surface area contributed by atoms with Gasteiger partial charge in [0, 0.05) is 12.8 Å². The largest absolute Gasteiger partial charge is 0.491 e. The zero-order chi connectivity index (χ0) is 49.7. The van der Waals surface area contributed by atoms with E-state index in [0.717, 1.165) is 5.56 Å². The molecule has 6 atom stereocenters. The number of ketones is 1. The van der Waals surface area contributed by atoms with Crippen molar-refractivity contribution in [1.29, 1.82) is 0 Å². The molecule has 20 nitrogen and oxygen atoms in total. The van der Waals surface area contributed by atoms with Crippen LogP contribution in [-0.2, 0) is 54.4 Å². The number of carbonyl (C=O) groups is 10. The van der Waals surface area contributed by atoms with Crippen LogP contribution in [0.3, 0.4) is 0 Å². The smallest absolute Gasteiger partial charge is 0.305 e. The van der Waals surface area contributed by atoms with Crippen molar-refractivity contribution >= 4 is 59.1 Å². The highest BCUT2D eigenvalue weighted by molar-refractivity contribution is 6.37. The molecule has 0 heterocycles. The lowest BCUT2D eigenvalue weighted by Crippen LogP contribution is -2.62. The Labute approximate surface area is 384 Å². The van der Waals surface area contributed by atoms with Crippen molar-refractivity contribution in [3.63, 3.8) is 0 Å². The van der Waals surface area contributed by atoms with Crippen LogP contribution in [0, 0.1) is 18.3 Å². The molecule has 0 radical (unpaired) electrons. The molecule has 7 amide bonds. The average Bonchev–Trinajstić information content (AvgIpc) is 3.23. The topological polar surface area (TPSA) is 319 Å². The summed E-state index contributed by atoms with van der Waals surface area (Å²) in [6.45, 7) is 11.7. The van der Waals surface area contributed by atoms with Gasteiger partial charge in [0.1, 0.15) is 42.6 Å². The Balaban J connectivity index is 2.54. The zero-order valence-electron chi connectivity index (χ0n) is 38.6. The molecule has 0 aliphatic carbocycles. The maximum absolute atomic E-state index is 14.5. The number of carbonyl (C=O) groups excluding carboxylic acids is 8. The number of aliphatic carboxylic acids is 2. The first kappa shape index (κ1) is 55.3. The third-order valence-corrected chi connectivity index (χ3v) is 10.2. The van der Waals surface area contributed by atoms with E-state index in [9.17, 15) is 53.1 Å². The second-order valence-corrected chi connectivity index (χ2v) is 17.4. The van der Waals surface area contributed by atoms with E-state index in [0.29, 0.717) is 18.4 Å². The Morgan fingerprint density at radius 3 is 1.76 bits per heavy atom. The standard InChI is InChI=1S/C46H65N7O13/c1-8-9-19-30(38(59)40(47)60)49-41(61)31(22-26(2)3)51-45(65)39(46(5,6)7)53-43(63)32(23-28-16-14-13-15-27(28)4)50-44(64)34(25-66-29-17-11-10-12-18-29)52-42(62)33(24-37(57)58)48-35(54)20-21-36(55)56/h10-18,26,30-34,39H,8-9,19-25H2,1-7H3,(H2,47,60)(H,48,54)(H,49,61)(H,50,64)(H,51,65)(H,52,62)(H,53,63)(H,55,56)(H,57,58)/t30-,31-,32-,33-,34+,39+/m0/s1. The molecule has 362 valence electrons. The summed E-state index contributed by atoms with van der Waals surface area (Å²) in [4.78, 5) is 130. The third-order valence-electron chi connectivity index (χ3n) is 10.2. The Kier molecular flexibility index (Phi) is 22.5. The van der Waals surface area contributed by atoms with Crippen LogP contribution in [0.2, 0.25) is 0 Å². The Morgan fingerprint density at radius 1 is 0.652 bits per heavy atom. The van der Waals surface area contributed by atoms with Gasteiger partial charge in [-0.15, -0.1) is 0 Å². The van der Waals surface area contributed by atoms with E-state index in [-0.39, 0.29) is 30.9 Å². The first-order valence-corrected chi connectivity index (χ1v) is 21.7. The summed E-state index contributed by atoms with van der Waals surface area (Å²) in [6, 6.07) is 6.55. The molecule has 0 spiro atoms. The second-order valence-electron chi connectivity index (χ2n) is 17.4. The number of amides is 7. The lowest BCUT2D eigenvalue weighted by atomic mass is 9.85. The zero-order valence-corrected chi connectivity index (χ0v) is 38.6. The summed E-state index contributed by atoms with van der Waals surface area (Å²) >= 11 is 0. The molecule has 66 heavy (non-hydrogen) atoms. The monoisotopic (exact) mass is 923 g/mol. The van der Waals surface area contributed by atoms with E-state index in [1.165, 1.54) is 0 Å². The van der Waals surface area contributed by atoms with Crippen molar-refractivity contribution in [3.8, 4) is 5.75 Å². The fourth-order valence-corrected chi connectivity index (χ4v) is 6.56. The lowest BCUT2D eigenvalue weighted by molar-refractivity contribution is -0.142. The summed E-state index contributed by atoms with van der Waals surface area (Å²) in [5.41, 5.74) is 5.61. The molecule has 2 rings (SSSR count). The lowest BCUT2D eigenvalue weighted by Gasteiger charge is -2.34. The number of hydrogen-bond acceptors (Lipinski definition) is 11. The molecule has 0 saturated carbocycles. The molecule has 0 aliphatic heterocycles. The van der Waals surface area contributed by atoms with Gasteiger partial charge in [-0.3, -0.25) is 47.9 Å². The number of carboxylic acid groups (broad SMARTS) is 2. The van der Waals surface area contributed by atoms with Crippen LogP contribution in [0.15, 0.2) is 54.6 Å². The number of aryl methyl sites for hydroxylation is 1. The molecular weight excluding hydrogens is 859 g/mol. The summed E-state index contributed by atoms with van der Waals surface area (Å²) < 4.78 is 5.80. The van der Waals surface area contributed by atoms with E-state index in [1.54, 1.807) is 82.3 Å². The maximum Gasteiger partial charge on any atom is 0.305 e. The molecule has 2 aromatic rings. The predicted molar refractivity (Wildman–Crippen MR) is 240 cm³/mol. The normalized spacial score (nSPS) is 13.9. The number of nitrogens with one attached hydrogen (secondary N) is 6.